The van der Waals surface area contributed by atoms with Gasteiger partial charge in [-0.2, -0.15) is 5.26 Å². The molecule has 17 heavy (non-hydrogen) atoms. The zero-order valence-corrected chi connectivity index (χ0v) is 9.26. The minimum atomic E-state index is -0.552. The van der Waals surface area contributed by atoms with Gasteiger partial charge < -0.3 is 4.74 Å². The summed E-state index contributed by atoms with van der Waals surface area (Å²) in [7, 11) is 0. The summed E-state index contributed by atoms with van der Waals surface area (Å²) in [6.07, 6.45) is 3.31. The van der Waals surface area contributed by atoms with Crippen molar-refractivity contribution >= 4 is 5.69 Å². The number of benzene rings is 1. The molecule has 1 rings (SSSR count). The molecule has 0 aromatic heterocycles. The molecule has 0 spiro atoms. The Balaban J connectivity index is 2.80. The number of nitro benzene ring substituents is 1. The number of hydrogen-bond acceptors (Lipinski definition) is 4. The van der Waals surface area contributed by atoms with E-state index in [0.717, 1.165) is 12.8 Å². The molecule has 1 aromatic carbocycles. The van der Waals surface area contributed by atoms with E-state index in [-0.39, 0.29) is 17.0 Å². The summed E-state index contributed by atoms with van der Waals surface area (Å²) in [5.41, 5.74) is 0.0674. The van der Waals surface area contributed by atoms with E-state index in [1.165, 1.54) is 18.2 Å². The highest BCUT2D eigenvalue weighted by Crippen LogP contribution is 2.27. The maximum absolute atomic E-state index is 10.8. The standard InChI is InChI=1S/C12H12N2O3/c1-2-3-4-7-17-12-6-5-10(9-13)8-11(12)14(15)16/h2,5-6,8H,1,3-4,7H2. The van der Waals surface area contributed by atoms with E-state index in [4.69, 9.17) is 10.00 Å². The second-order valence-corrected chi connectivity index (χ2v) is 3.33. The van der Waals surface area contributed by atoms with Gasteiger partial charge in [-0.1, -0.05) is 6.08 Å². The smallest absolute Gasteiger partial charge is 0.312 e. The van der Waals surface area contributed by atoms with Crippen molar-refractivity contribution in [2.24, 2.45) is 0 Å². The lowest BCUT2D eigenvalue weighted by Gasteiger charge is -2.05. The number of rotatable bonds is 6. The van der Waals surface area contributed by atoms with Gasteiger partial charge in [-0.25, -0.2) is 0 Å². The van der Waals surface area contributed by atoms with E-state index >= 15 is 0 Å². The first-order valence-corrected chi connectivity index (χ1v) is 5.11. The van der Waals surface area contributed by atoms with Gasteiger partial charge in [-0.15, -0.1) is 6.58 Å². The first-order valence-electron chi connectivity index (χ1n) is 5.11. The van der Waals surface area contributed by atoms with Crippen molar-refractivity contribution in [1.82, 2.24) is 0 Å². The van der Waals surface area contributed by atoms with Gasteiger partial charge in [0.1, 0.15) is 0 Å². The van der Waals surface area contributed by atoms with Crippen LogP contribution in [0.25, 0.3) is 0 Å². The number of nitro groups is 1. The van der Waals surface area contributed by atoms with Crippen molar-refractivity contribution in [3.05, 3.63) is 46.5 Å². The summed E-state index contributed by atoms with van der Waals surface area (Å²) in [6, 6.07) is 6.01. The van der Waals surface area contributed by atoms with E-state index in [0.29, 0.717) is 6.61 Å². The van der Waals surface area contributed by atoms with Crippen molar-refractivity contribution < 1.29 is 9.66 Å². The Morgan fingerprint density at radius 1 is 1.59 bits per heavy atom. The van der Waals surface area contributed by atoms with Gasteiger partial charge in [0.05, 0.1) is 23.2 Å². The summed E-state index contributed by atoms with van der Waals surface area (Å²) in [5.74, 6) is 0.193. The first-order chi connectivity index (χ1) is 8.19. The van der Waals surface area contributed by atoms with Crippen LogP contribution in [0.15, 0.2) is 30.9 Å². The predicted octanol–water partition coefficient (Wildman–Crippen LogP) is 2.81. The number of ether oxygens (including phenoxy) is 1. The van der Waals surface area contributed by atoms with Crippen LogP contribution in [0.1, 0.15) is 18.4 Å². The SMILES string of the molecule is C=CCCCOc1ccc(C#N)cc1[N+](=O)[O-]. The van der Waals surface area contributed by atoms with Crippen LogP contribution < -0.4 is 4.74 Å². The van der Waals surface area contributed by atoms with Gasteiger partial charge in [-0.05, 0) is 25.0 Å². The summed E-state index contributed by atoms with van der Waals surface area (Å²) >= 11 is 0. The molecule has 0 saturated carbocycles. The quantitative estimate of drug-likeness (QED) is 0.327. The van der Waals surface area contributed by atoms with Crippen LogP contribution in [-0.2, 0) is 0 Å². The number of nitriles is 1. The number of allylic oxidation sites excluding steroid dienone is 1. The zero-order chi connectivity index (χ0) is 12.7. The van der Waals surface area contributed by atoms with Crippen LogP contribution in [0.2, 0.25) is 0 Å². The molecule has 5 heteroatoms. The fourth-order valence-electron chi connectivity index (χ4n) is 1.26. The Kier molecular flexibility index (Phi) is 4.70. The molecule has 1 aromatic rings. The Morgan fingerprint density at radius 3 is 2.94 bits per heavy atom. The van der Waals surface area contributed by atoms with E-state index in [1.54, 1.807) is 6.08 Å². The fourth-order valence-corrected chi connectivity index (χ4v) is 1.26. The molecule has 0 heterocycles. The number of hydrogen-bond donors (Lipinski definition) is 0. The molecular weight excluding hydrogens is 220 g/mol. The van der Waals surface area contributed by atoms with Gasteiger partial charge >= 0.3 is 5.69 Å². The van der Waals surface area contributed by atoms with E-state index in [2.05, 4.69) is 6.58 Å². The van der Waals surface area contributed by atoms with Crippen LogP contribution in [0.4, 0.5) is 5.69 Å². The lowest BCUT2D eigenvalue weighted by molar-refractivity contribution is -0.385. The summed E-state index contributed by atoms with van der Waals surface area (Å²) in [5, 5.41) is 19.4. The maximum atomic E-state index is 10.8. The largest absolute Gasteiger partial charge is 0.487 e. The summed E-state index contributed by atoms with van der Waals surface area (Å²) in [6.45, 7) is 3.96. The van der Waals surface area contributed by atoms with E-state index in [9.17, 15) is 10.1 Å². The fraction of sp³-hybridized carbons (Fsp3) is 0.250. The molecular formula is C12H12N2O3. The molecule has 0 aliphatic heterocycles. The monoisotopic (exact) mass is 232 g/mol. The van der Waals surface area contributed by atoms with Gasteiger partial charge in [0, 0.05) is 6.07 Å². The van der Waals surface area contributed by atoms with Crippen LogP contribution in [0.5, 0.6) is 5.75 Å². The van der Waals surface area contributed by atoms with Crippen LogP contribution in [0, 0.1) is 21.4 Å². The van der Waals surface area contributed by atoms with E-state index in [1.807, 2.05) is 6.07 Å². The molecule has 0 N–H and O–H groups in total. The van der Waals surface area contributed by atoms with Crippen molar-refractivity contribution in [2.45, 2.75) is 12.8 Å². The molecule has 0 aliphatic carbocycles. The highest BCUT2D eigenvalue weighted by Gasteiger charge is 2.15. The van der Waals surface area contributed by atoms with Crippen molar-refractivity contribution in [3.8, 4) is 11.8 Å². The molecule has 0 bridgehead atoms. The molecule has 0 fully saturated rings. The highest BCUT2D eigenvalue weighted by molar-refractivity contribution is 5.51. The predicted molar refractivity (Wildman–Crippen MR) is 62.7 cm³/mol. The summed E-state index contributed by atoms with van der Waals surface area (Å²) < 4.78 is 5.30. The highest BCUT2D eigenvalue weighted by atomic mass is 16.6. The average Bonchev–Trinajstić information content (AvgIpc) is 2.34. The molecule has 88 valence electrons. The van der Waals surface area contributed by atoms with E-state index < -0.39 is 4.92 Å². The molecule has 0 unspecified atom stereocenters. The van der Waals surface area contributed by atoms with Gasteiger partial charge in [-0.3, -0.25) is 10.1 Å². The zero-order valence-electron chi connectivity index (χ0n) is 9.26. The Morgan fingerprint density at radius 2 is 2.35 bits per heavy atom. The molecule has 0 aliphatic rings. The van der Waals surface area contributed by atoms with Crippen molar-refractivity contribution in [1.29, 1.82) is 5.26 Å². The normalized spacial score (nSPS) is 9.35. The average molecular weight is 232 g/mol. The van der Waals surface area contributed by atoms with Gasteiger partial charge in [0.2, 0.25) is 0 Å². The van der Waals surface area contributed by atoms with Crippen LogP contribution >= 0.6 is 0 Å². The van der Waals surface area contributed by atoms with Crippen LogP contribution in [0.3, 0.4) is 0 Å². The first kappa shape index (κ1) is 12.7. The topological polar surface area (TPSA) is 76.2 Å². The third-order valence-electron chi connectivity index (χ3n) is 2.09. The second-order valence-electron chi connectivity index (χ2n) is 3.33. The third-order valence-corrected chi connectivity index (χ3v) is 2.09. The van der Waals surface area contributed by atoms with Crippen molar-refractivity contribution in [2.75, 3.05) is 6.61 Å². The second kappa shape index (κ2) is 6.28. The summed E-state index contributed by atoms with van der Waals surface area (Å²) in [4.78, 5) is 10.2. The number of unbranched alkanes of at least 4 members (excludes halogenated alkanes) is 1. The van der Waals surface area contributed by atoms with Gasteiger partial charge in [0.25, 0.3) is 0 Å². The lowest BCUT2D eigenvalue weighted by atomic mass is 10.2. The molecule has 5 nitrogen and oxygen atoms in total. The lowest BCUT2D eigenvalue weighted by Crippen LogP contribution is -2.00. The maximum Gasteiger partial charge on any atom is 0.312 e. The van der Waals surface area contributed by atoms with Crippen LogP contribution in [-0.4, -0.2) is 11.5 Å². The van der Waals surface area contributed by atoms with Crippen molar-refractivity contribution in [3.63, 3.8) is 0 Å². The molecule has 0 atom stereocenters. The Hall–Kier alpha value is -2.35. The molecule has 0 saturated heterocycles. The van der Waals surface area contributed by atoms with Gasteiger partial charge in [0.15, 0.2) is 5.75 Å². The minimum Gasteiger partial charge on any atom is -0.487 e. The molecule has 0 radical (unpaired) electrons. The minimum absolute atomic E-state index is 0.178. The third kappa shape index (κ3) is 3.61. The Labute approximate surface area is 99.1 Å². The Bertz CT molecular complexity index is 463. The molecule has 0 amide bonds. The number of nitrogens with zero attached hydrogens (tertiary/aromatic N) is 2.